The van der Waals surface area contributed by atoms with Crippen LogP contribution in [0.2, 0.25) is 0 Å². The van der Waals surface area contributed by atoms with E-state index in [2.05, 4.69) is 0 Å². The van der Waals surface area contributed by atoms with Gasteiger partial charge in [0, 0.05) is 0 Å². The molecule has 0 bridgehead atoms. The first kappa shape index (κ1) is 8.29. The van der Waals surface area contributed by atoms with Gasteiger partial charge >= 0.3 is 5.97 Å². The summed E-state index contributed by atoms with van der Waals surface area (Å²) >= 11 is 0. The van der Waals surface area contributed by atoms with Gasteiger partial charge in [0.25, 0.3) is 0 Å². The summed E-state index contributed by atoms with van der Waals surface area (Å²) in [5.74, 6) is 0.290. The lowest BCUT2D eigenvalue weighted by Gasteiger charge is -2.18. The van der Waals surface area contributed by atoms with Crippen molar-refractivity contribution >= 4 is 16.7 Å². The van der Waals surface area contributed by atoms with E-state index in [0.29, 0.717) is 11.3 Å². The highest BCUT2D eigenvalue weighted by Crippen LogP contribution is 2.30. The number of ether oxygens (including phenoxy) is 2. The number of carbonyl (C=O) groups excluding carboxylic acids is 1. The van der Waals surface area contributed by atoms with Gasteiger partial charge in [-0.15, -0.1) is 0 Å². The first-order chi connectivity index (χ1) is 7.36. The molecule has 0 N–H and O–H groups in total. The Balaban J connectivity index is 2.40. The SMILES string of the molecule is O=C1OCOc2ccc3ccccc3c21. The lowest BCUT2D eigenvalue weighted by molar-refractivity contribution is 0.00535. The summed E-state index contributed by atoms with van der Waals surface area (Å²) in [6, 6.07) is 11.4. The maximum Gasteiger partial charge on any atom is 0.345 e. The predicted octanol–water partition coefficient (Wildman–Crippen LogP) is 2.35. The normalized spacial score (nSPS) is 14.3. The molecule has 2 aromatic carbocycles. The van der Waals surface area contributed by atoms with Gasteiger partial charge in [-0.05, 0) is 16.8 Å². The Morgan fingerprint density at radius 1 is 1.00 bits per heavy atom. The van der Waals surface area contributed by atoms with Gasteiger partial charge in [-0.2, -0.15) is 0 Å². The molecule has 3 rings (SSSR count). The lowest BCUT2D eigenvalue weighted by atomic mass is 10.0. The van der Waals surface area contributed by atoms with E-state index in [-0.39, 0.29) is 12.8 Å². The second kappa shape index (κ2) is 2.98. The Morgan fingerprint density at radius 3 is 2.80 bits per heavy atom. The summed E-state index contributed by atoms with van der Waals surface area (Å²) in [4.78, 5) is 11.6. The number of fused-ring (bicyclic) bond motifs is 3. The van der Waals surface area contributed by atoms with E-state index in [1.54, 1.807) is 6.07 Å². The van der Waals surface area contributed by atoms with E-state index in [1.807, 2.05) is 30.3 Å². The quantitative estimate of drug-likeness (QED) is 0.612. The van der Waals surface area contributed by atoms with Gasteiger partial charge in [0.1, 0.15) is 11.3 Å². The number of rotatable bonds is 0. The average Bonchev–Trinajstić information content (AvgIpc) is 2.29. The van der Waals surface area contributed by atoms with Crippen LogP contribution in [0.4, 0.5) is 0 Å². The molecular formula is C12H8O3. The van der Waals surface area contributed by atoms with Crippen LogP contribution in [0.1, 0.15) is 10.4 Å². The van der Waals surface area contributed by atoms with E-state index in [0.717, 1.165) is 10.8 Å². The van der Waals surface area contributed by atoms with Crippen LogP contribution in [-0.4, -0.2) is 12.8 Å². The molecule has 15 heavy (non-hydrogen) atoms. The van der Waals surface area contributed by atoms with Crippen molar-refractivity contribution in [3.8, 4) is 5.75 Å². The molecule has 2 aromatic rings. The van der Waals surface area contributed by atoms with Crippen LogP contribution in [0.3, 0.4) is 0 Å². The van der Waals surface area contributed by atoms with Crippen molar-refractivity contribution in [2.24, 2.45) is 0 Å². The van der Waals surface area contributed by atoms with Gasteiger partial charge in [-0.3, -0.25) is 0 Å². The van der Waals surface area contributed by atoms with Crippen LogP contribution < -0.4 is 4.74 Å². The molecule has 0 atom stereocenters. The minimum atomic E-state index is -0.312. The Labute approximate surface area is 86.2 Å². The van der Waals surface area contributed by atoms with E-state index in [1.165, 1.54) is 0 Å². The molecule has 3 heteroatoms. The van der Waals surface area contributed by atoms with Gasteiger partial charge in [0.05, 0.1) is 0 Å². The van der Waals surface area contributed by atoms with Crippen LogP contribution in [0.5, 0.6) is 5.75 Å². The highest BCUT2D eigenvalue weighted by molar-refractivity contribution is 6.07. The number of carbonyl (C=O) groups is 1. The minimum Gasteiger partial charge on any atom is -0.456 e. The van der Waals surface area contributed by atoms with Crippen molar-refractivity contribution in [2.75, 3.05) is 6.79 Å². The van der Waals surface area contributed by atoms with Crippen LogP contribution in [0, 0.1) is 0 Å². The minimum absolute atomic E-state index is 0.00414. The summed E-state index contributed by atoms with van der Waals surface area (Å²) in [5, 5.41) is 1.89. The lowest BCUT2D eigenvalue weighted by Crippen LogP contribution is -2.18. The zero-order valence-electron chi connectivity index (χ0n) is 7.90. The fourth-order valence-corrected chi connectivity index (χ4v) is 1.80. The largest absolute Gasteiger partial charge is 0.456 e. The fraction of sp³-hybridized carbons (Fsp3) is 0.0833. The number of benzene rings is 2. The predicted molar refractivity (Wildman–Crippen MR) is 54.9 cm³/mol. The maximum atomic E-state index is 11.6. The Bertz CT molecular complexity index is 546. The molecule has 0 spiro atoms. The third kappa shape index (κ3) is 1.16. The van der Waals surface area contributed by atoms with Crippen molar-refractivity contribution in [3.63, 3.8) is 0 Å². The third-order valence-corrected chi connectivity index (χ3v) is 2.50. The highest BCUT2D eigenvalue weighted by atomic mass is 16.7. The molecule has 0 fully saturated rings. The molecule has 3 nitrogen and oxygen atoms in total. The van der Waals surface area contributed by atoms with Crippen LogP contribution in [0.15, 0.2) is 36.4 Å². The van der Waals surface area contributed by atoms with Gasteiger partial charge in [-0.25, -0.2) is 4.79 Å². The molecule has 0 saturated heterocycles. The van der Waals surface area contributed by atoms with Crippen molar-refractivity contribution < 1.29 is 14.3 Å². The van der Waals surface area contributed by atoms with Crippen LogP contribution >= 0.6 is 0 Å². The second-order valence-corrected chi connectivity index (χ2v) is 3.35. The Hall–Kier alpha value is -2.03. The first-order valence-corrected chi connectivity index (χ1v) is 4.68. The number of cyclic esters (lactones) is 1. The van der Waals surface area contributed by atoms with E-state index in [4.69, 9.17) is 9.47 Å². The summed E-state index contributed by atoms with van der Waals surface area (Å²) in [6.07, 6.45) is 0. The van der Waals surface area contributed by atoms with Crippen molar-refractivity contribution in [3.05, 3.63) is 42.0 Å². The number of hydrogen-bond donors (Lipinski definition) is 0. The summed E-state index contributed by atoms with van der Waals surface area (Å²) in [7, 11) is 0. The average molecular weight is 200 g/mol. The zero-order chi connectivity index (χ0) is 10.3. The molecule has 1 aliphatic heterocycles. The maximum absolute atomic E-state index is 11.6. The molecule has 0 amide bonds. The van der Waals surface area contributed by atoms with E-state index < -0.39 is 0 Å². The smallest absolute Gasteiger partial charge is 0.345 e. The highest BCUT2D eigenvalue weighted by Gasteiger charge is 2.22. The summed E-state index contributed by atoms with van der Waals surface area (Å²) in [6.45, 7) is 0.00414. The molecule has 1 aliphatic rings. The molecule has 0 aromatic heterocycles. The van der Waals surface area contributed by atoms with Crippen LogP contribution in [0.25, 0.3) is 10.8 Å². The van der Waals surface area contributed by atoms with Crippen molar-refractivity contribution in [2.45, 2.75) is 0 Å². The summed E-state index contributed by atoms with van der Waals surface area (Å²) < 4.78 is 10.1. The molecule has 0 saturated carbocycles. The Morgan fingerprint density at radius 2 is 1.87 bits per heavy atom. The molecule has 74 valence electrons. The van der Waals surface area contributed by atoms with Crippen molar-refractivity contribution in [1.29, 1.82) is 0 Å². The zero-order valence-corrected chi connectivity index (χ0v) is 7.90. The monoisotopic (exact) mass is 200 g/mol. The summed E-state index contributed by atoms with van der Waals surface area (Å²) in [5.41, 5.74) is 0.527. The van der Waals surface area contributed by atoms with E-state index >= 15 is 0 Å². The third-order valence-electron chi connectivity index (χ3n) is 2.50. The Kier molecular flexibility index (Phi) is 1.65. The molecule has 0 unspecified atom stereocenters. The second-order valence-electron chi connectivity index (χ2n) is 3.35. The van der Waals surface area contributed by atoms with Gasteiger partial charge in [-0.1, -0.05) is 30.3 Å². The number of hydrogen-bond acceptors (Lipinski definition) is 3. The van der Waals surface area contributed by atoms with E-state index in [9.17, 15) is 4.79 Å². The van der Waals surface area contributed by atoms with Gasteiger partial charge in [0.15, 0.2) is 0 Å². The topological polar surface area (TPSA) is 35.5 Å². The number of esters is 1. The molecular weight excluding hydrogens is 192 g/mol. The fourth-order valence-electron chi connectivity index (χ4n) is 1.80. The van der Waals surface area contributed by atoms with Gasteiger partial charge in [0.2, 0.25) is 6.79 Å². The molecule has 1 heterocycles. The molecule has 0 aliphatic carbocycles. The molecule has 0 radical (unpaired) electrons. The standard InChI is InChI=1S/C12H8O3/c13-12-11-9-4-2-1-3-8(9)5-6-10(11)14-7-15-12/h1-6H,7H2. The van der Waals surface area contributed by atoms with Gasteiger partial charge < -0.3 is 9.47 Å². The van der Waals surface area contributed by atoms with Crippen molar-refractivity contribution in [1.82, 2.24) is 0 Å². The van der Waals surface area contributed by atoms with Crippen LogP contribution in [-0.2, 0) is 4.74 Å². The first-order valence-electron chi connectivity index (χ1n) is 4.68.